The van der Waals surface area contributed by atoms with Crippen LogP contribution in [0.25, 0.3) is 22.0 Å². The molecular weight excluding hydrogens is 395 g/mol. The van der Waals surface area contributed by atoms with Crippen molar-refractivity contribution in [2.45, 2.75) is 11.8 Å². The molecule has 0 radical (unpaired) electrons. The first-order valence-electron chi connectivity index (χ1n) is 8.41. The molecule has 0 spiro atoms. The van der Waals surface area contributed by atoms with E-state index in [1.807, 2.05) is 6.07 Å². The second-order valence-electron chi connectivity index (χ2n) is 6.29. The number of halogens is 1. The minimum absolute atomic E-state index is 0.0405. The number of aryl methyl sites for hydroxylation is 1. The maximum Gasteiger partial charge on any atom is 0.263 e. The number of benzene rings is 2. The molecule has 2 aromatic heterocycles. The Labute approximate surface area is 165 Å². The van der Waals surface area contributed by atoms with Crippen molar-refractivity contribution in [2.75, 3.05) is 4.72 Å². The third-order valence-corrected chi connectivity index (χ3v) is 5.76. The van der Waals surface area contributed by atoms with Gasteiger partial charge in [-0.05, 0) is 48.2 Å². The van der Waals surface area contributed by atoms with Gasteiger partial charge in [-0.15, -0.1) is 0 Å². The summed E-state index contributed by atoms with van der Waals surface area (Å²) in [7, 11) is -3.86. The maximum absolute atomic E-state index is 13.9. The molecule has 2 aromatic carbocycles. The van der Waals surface area contributed by atoms with Crippen LogP contribution in [0.4, 0.5) is 10.2 Å². The number of nitrogens with one attached hydrogen (secondary N) is 1. The molecule has 9 heteroatoms. The Bertz CT molecular complexity index is 1380. The molecule has 0 fully saturated rings. The molecule has 0 aliphatic heterocycles. The standard InChI is InChI=1S/C20H13FN4O3S/c1-12-8-18(21)14(11-22)10-17(12)20-16-3-2-15(9-13(16)4-6-23-20)29(26,27)25-19-5-7-28-24-19/h2-10H,1H3,(H,24,25). The lowest BCUT2D eigenvalue weighted by Gasteiger charge is -2.11. The number of fused-ring (bicyclic) bond motifs is 1. The van der Waals surface area contributed by atoms with Crippen LogP contribution < -0.4 is 4.72 Å². The van der Waals surface area contributed by atoms with Crippen molar-refractivity contribution in [1.82, 2.24) is 10.1 Å². The lowest BCUT2D eigenvalue weighted by molar-refractivity contribution is 0.423. The highest BCUT2D eigenvalue weighted by Crippen LogP contribution is 2.32. The molecule has 0 aliphatic carbocycles. The number of nitrogens with zero attached hydrogens (tertiary/aromatic N) is 3. The highest BCUT2D eigenvalue weighted by molar-refractivity contribution is 7.92. The minimum atomic E-state index is -3.86. The molecule has 7 nitrogen and oxygen atoms in total. The van der Waals surface area contributed by atoms with Crippen LogP contribution in [-0.2, 0) is 10.0 Å². The average Bonchev–Trinajstić information content (AvgIpc) is 3.20. The molecule has 0 bridgehead atoms. The zero-order chi connectivity index (χ0) is 20.6. The van der Waals surface area contributed by atoms with Gasteiger partial charge in [-0.2, -0.15) is 5.26 Å². The summed E-state index contributed by atoms with van der Waals surface area (Å²) < 4.78 is 46.0. The molecule has 0 saturated carbocycles. The Kier molecular flexibility index (Phi) is 4.48. The monoisotopic (exact) mass is 408 g/mol. The summed E-state index contributed by atoms with van der Waals surface area (Å²) in [6.45, 7) is 1.72. The molecule has 144 valence electrons. The van der Waals surface area contributed by atoms with Gasteiger partial charge in [-0.25, -0.2) is 12.8 Å². The van der Waals surface area contributed by atoms with E-state index in [4.69, 9.17) is 5.26 Å². The van der Waals surface area contributed by atoms with E-state index < -0.39 is 15.8 Å². The zero-order valence-corrected chi connectivity index (χ0v) is 15.9. The molecule has 4 rings (SSSR count). The van der Waals surface area contributed by atoms with Gasteiger partial charge in [0.05, 0.1) is 16.2 Å². The Balaban J connectivity index is 1.83. The third kappa shape index (κ3) is 3.41. The fourth-order valence-corrected chi connectivity index (χ4v) is 4.04. The first kappa shape index (κ1) is 18.6. The molecule has 0 atom stereocenters. The van der Waals surface area contributed by atoms with Gasteiger partial charge in [0, 0.05) is 23.2 Å². The van der Waals surface area contributed by atoms with E-state index in [-0.39, 0.29) is 16.3 Å². The van der Waals surface area contributed by atoms with Crippen LogP contribution in [-0.4, -0.2) is 18.6 Å². The Morgan fingerprint density at radius 3 is 2.72 bits per heavy atom. The van der Waals surface area contributed by atoms with E-state index in [0.717, 1.165) is 0 Å². The molecule has 4 aromatic rings. The average molecular weight is 408 g/mol. The van der Waals surface area contributed by atoms with Crippen molar-refractivity contribution >= 4 is 26.6 Å². The van der Waals surface area contributed by atoms with E-state index in [1.54, 1.807) is 19.1 Å². The number of aromatic nitrogens is 2. The summed E-state index contributed by atoms with van der Waals surface area (Å²) in [4.78, 5) is 4.42. The Morgan fingerprint density at radius 1 is 1.17 bits per heavy atom. The number of hydrogen-bond donors (Lipinski definition) is 1. The molecule has 0 unspecified atom stereocenters. The van der Waals surface area contributed by atoms with E-state index in [2.05, 4.69) is 19.4 Å². The van der Waals surface area contributed by atoms with Gasteiger partial charge < -0.3 is 4.52 Å². The fraction of sp³-hybridized carbons (Fsp3) is 0.0500. The number of pyridine rings is 1. The lowest BCUT2D eigenvalue weighted by atomic mass is 9.98. The highest BCUT2D eigenvalue weighted by Gasteiger charge is 2.18. The van der Waals surface area contributed by atoms with Crippen molar-refractivity contribution in [3.63, 3.8) is 0 Å². The fourth-order valence-electron chi connectivity index (χ4n) is 3.01. The van der Waals surface area contributed by atoms with Crippen LogP contribution in [0.5, 0.6) is 0 Å². The van der Waals surface area contributed by atoms with Gasteiger partial charge in [-0.1, -0.05) is 11.2 Å². The van der Waals surface area contributed by atoms with Crippen molar-refractivity contribution in [1.29, 1.82) is 5.26 Å². The van der Waals surface area contributed by atoms with Crippen LogP contribution in [0.1, 0.15) is 11.1 Å². The van der Waals surface area contributed by atoms with E-state index in [9.17, 15) is 12.8 Å². The van der Waals surface area contributed by atoms with Crippen LogP contribution in [0.3, 0.4) is 0 Å². The summed E-state index contributed by atoms with van der Waals surface area (Å²) in [6.07, 6.45) is 2.80. The zero-order valence-electron chi connectivity index (χ0n) is 15.0. The van der Waals surface area contributed by atoms with Crippen LogP contribution in [0, 0.1) is 24.1 Å². The van der Waals surface area contributed by atoms with Gasteiger partial charge in [-0.3, -0.25) is 9.71 Å². The number of rotatable bonds is 4. The molecule has 0 saturated heterocycles. The van der Waals surface area contributed by atoms with Gasteiger partial charge >= 0.3 is 0 Å². The van der Waals surface area contributed by atoms with Crippen molar-refractivity contribution in [3.8, 4) is 17.3 Å². The summed E-state index contributed by atoms with van der Waals surface area (Å²) in [6, 6.07) is 12.2. The van der Waals surface area contributed by atoms with Crippen LogP contribution >= 0.6 is 0 Å². The summed E-state index contributed by atoms with van der Waals surface area (Å²) >= 11 is 0. The SMILES string of the molecule is Cc1cc(F)c(C#N)cc1-c1nccc2cc(S(=O)(=O)Nc3ccon3)ccc12. The third-order valence-electron chi connectivity index (χ3n) is 4.41. The lowest BCUT2D eigenvalue weighted by Crippen LogP contribution is -2.13. The van der Waals surface area contributed by atoms with Gasteiger partial charge in [0.25, 0.3) is 10.0 Å². The second-order valence-corrected chi connectivity index (χ2v) is 7.97. The van der Waals surface area contributed by atoms with Crippen LogP contribution in [0.2, 0.25) is 0 Å². The van der Waals surface area contributed by atoms with E-state index >= 15 is 0 Å². The molecule has 0 amide bonds. The normalized spacial score (nSPS) is 11.3. The largest absolute Gasteiger partial charge is 0.363 e. The number of anilines is 1. The van der Waals surface area contributed by atoms with Gasteiger partial charge in [0.1, 0.15) is 18.1 Å². The molecular formula is C20H13FN4O3S. The van der Waals surface area contributed by atoms with E-state index in [0.29, 0.717) is 27.6 Å². The van der Waals surface area contributed by atoms with Crippen LogP contribution in [0.15, 0.2) is 64.3 Å². The van der Waals surface area contributed by atoms with Gasteiger partial charge in [0.2, 0.25) is 0 Å². The second kappa shape index (κ2) is 7.00. The Morgan fingerprint density at radius 2 is 2.00 bits per heavy atom. The van der Waals surface area contributed by atoms with E-state index in [1.165, 1.54) is 42.8 Å². The molecule has 2 heterocycles. The molecule has 1 N–H and O–H groups in total. The predicted octanol–water partition coefficient (Wildman–Crippen LogP) is 4.01. The summed E-state index contributed by atoms with van der Waals surface area (Å²) in [5.74, 6) is -0.521. The number of sulfonamides is 1. The van der Waals surface area contributed by atoms with Gasteiger partial charge in [0.15, 0.2) is 5.82 Å². The number of nitriles is 1. The minimum Gasteiger partial charge on any atom is -0.363 e. The quantitative estimate of drug-likeness (QED) is 0.546. The first-order valence-corrected chi connectivity index (χ1v) is 9.90. The Hall–Kier alpha value is -3.77. The first-order chi connectivity index (χ1) is 13.9. The molecule has 0 aliphatic rings. The smallest absolute Gasteiger partial charge is 0.263 e. The topological polar surface area (TPSA) is 109 Å². The van der Waals surface area contributed by atoms with Crippen molar-refractivity contribution in [3.05, 3.63) is 71.9 Å². The predicted molar refractivity (Wildman–Crippen MR) is 104 cm³/mol. The summed E-state index contributed by atoms with van der Waals surface area (Å²) in [5.41, 5.74) is 1.67. The number of hydrogen-bond acceptors (Lipinski definition) is 6. The molecule has 29 heavy (non-hydrogen) atoms. The highest BCUT2D eigenvalue weighted by atomic mass is 32.2. The van der Waals surface area contributed by atoms with Crippen molar-refractivity contribution in [2.24, 2.45) is 0 Å². The van der Waals surface area contributed by atoms with Crippen molar-refractivity contribution < 1.29 is 17.3 Å². The summed E-state index contributed by atoms with van der Waals surface area (Å²) in [5, 5.41) is 14.0. The maximum atomic E-state index is 13.9.